The molecule has 1 N–H and O–H groups in total. The van der Waals surface area contributed by atoms with Crippen LogP contribution in [0.1, 0.15) is 11.1 Å². The molecule has 0 atom stereocenters. The second-order valence-electron chi connectivity index (χ2n) is 6.29. The van der Waals surface area contributed by atoms with E-state index in [1.54, 1.807) is 42.6 Å². The van der Waals surface area contributed by atoms with Crippen LogP contribution in [0.4, 0.5) is 5.69 Å². The van der Waals surface area contributed by atoms with Crippen molar-refractivity contribution in [3.05, 3.63) is 70.7 Å². The quantitative estimate of drug-likeness (QED) is 0.437. The minimum Gasteiger partial charge on any atom is -0.504 e. The van der Waals surface area contributed by atoms with Crippen LogP contribution in [0.2, 0.25) is 5.02 Å². The smallest absolute Gasteiger partial charge is 0.227 e. The van der Waals surface area contributed by atoms with Crippen molar-refractivity contribution in [2.24, 2.45) is 4.99 Å². The van der Waals surface area contributed by atoms with E-state index in [9.17, 15) is 5.11 Å². The first-order valence-corrected chi connectivity index (χ1v) is 9.00. The van der Waals surface area contributed by atoms with Crippen LogP contribution in [0.25, 0.3) is 22.6 Å². The van der Waals surface area contributed by atoms with Gasteiger partial charge in [0.05, 0.1) is 12.8 Å². The number of para-hydroxylation sites is 1. The number of hydrogen-bond acceptors (Lipinski definition) is 5. The fourth-order valence-electron chi connectivity index (χ4n) is 2.85. The topological polar surface area (TPSA) is 67.9 Å². The van der Waals surface area contributed by atoms with E-state index in [0.29, 0.717) is 33.3 Å². The fraction of sp³-hybridized carbons (Fsp3) is 0.0909. The molecule has 4 aromatic rings. The van der Waals surface area contributed by atoms with Gasteiger partial charge >= 0.3 is 0 Å². The highest BCUT2D eigenvalue weighted by Crippen LogP contribution is 2.31. The van der Waals surface area contributed by atoms with Gasteiger partial charge in [-0.05, 0) is 55.0 Å². The zero-order valence-electron chi connectivity index (χ0n) is 15.3. The molecule has 5 nitrogen and oxygen atoms in total. The number of halogens is 1. The number of aryl methyl sites for hydroxylation is 1. The van der Waals surface area contributed by atoms with Gasteiger partial charge in [-0.15, -0.1) is 0 Å². The van der Waals surface area contributed by atoms with Crippen molar-refractivity contribution in [3.63, 3.8) is 0 Å². The van der Waals surface area contributed by atoms with Gasteiger partial charge in [0.2, 0.25) is 5.89 Å². The van der Waals surface area contributed by atoms with Crippen molar-refractivity contribution in [2.75, 3.05) is 7.11 Å². The van der Waals surface area contributed by atoms with Crippen LogP contribution in [0.15, 0.2) is 64.0 Å². The molecule has 0 bridgehead atoms. The van der Waals surface area contributed by atoms with Crippen LogP contribution >= 0.6 is 11.6 Å². The van der Waals surface area contributed by atoms with Gasteiger partial charge in [-0.3, -0.25) is 4.99 Å². The van der Waals surface area contributed by atoms with Gasteiger partial charge in [0.25, 0.3) is 0 Å². The van der Waals surface area contributed by atoms with E-state index in [4.69, 9.17) is 20.8 Å². The monoisotopic (exact) mass is 392 g/mol. The molecule has 0 saturated carbocycles. The van der Waals surface area contributed by atoms with Gasteiger partial charge in [-0.1, -0.05) is 23.7 Å². The summed E-state index contributed by atoms with van der Waals surface area (Å²) in [4.78, 5) is 9.05. The zero-order valence-corrected chi connectivity index (χ0v) is 16.1. The molecular weight excluding hydrogens is 376 g/mol. The number of hydrogen-bond donors (Lipinski definition) is 1. The van der Waals surface area contributed by atoms with E-state index in [0.717, 1.165) is 16.8 Å². The average Bonchev–Trinajstić information content (AvgIpc) is 3.11. The highest BCUT2D eigenvalue weighted by molar-refractivity contribution is 6.31. The van der Waals surface area contributed by atoms with Crippen molar-refractivity contribution in [1.82, 2.24) is 4.98 Å². The normalized spacial score (nSPS) is 11.4. The summed E-state index contributed by atoms with van der Waals surface area (Å²) in [5.74, 6) is 0.955. The number of aromatic hydroxyl groups is 1. The van der Waals surface area contributed by atoms with E-state index in [-0.39, 0.29) is 5.75 Å². The summed E-state index contributed by atoms with van der Waals surface area (Å²) in [7, 11) is 1.51. The number of phenols is 1. The third-order valence-corrected chi connectivity index (χ3v) is 4.63. The molecular formula is C22H17ClN2O3. The summed E-state index contributed by atoms with van der Waals surface area (Å²) in [5.41, 5.74) is 4.49. The second kappa shape index (κ2) is 7.37. The molecule has 0 spiro atoms. The standard InChI is InChI=1S/C22H17ClN2O3/c1-13-6-7-14(22-25-18-11-16(23)8-9-19(18)28-22)10-17(13)24-12-15-4-3-5-20(27-2)21(15)26/h3-12,26H,1-2H3. The van der Waals surface area contributed by atoms with E-state index < -0.39 is 0 Å². The van der Waals surface area contributed by atoms with Crippen LogP contribution in [-0.2, 0) is 0 Å². The van der Waals surface area contributed by atoms with Crippen LogP contribution in [0.5, 0.6) is 11.5 Å². The first-order valence-electron chi connectivity index (χ1n) is 8.62. The third kappa shape index (κ3) is 3.44. The Labute approximate surface area is 166 Å². The largest absolute Gasteiger partial charge is 0.504 e. The van der Waals surface area contributed by atoms with E-state index in [2.05, 4.69) is 9.98 Å². The van der Waals surface area contributed by atoms with Gasteiger partial charge in [-0.25, -0.2) is 4.98 Å². The first-order chi connectivity index (χ1) is 13.5. The van der Waals surface area contributed by atoms with Crippen molar-refractivity contribution in [3.8, 4) is 23.0 Å². The second-order valence-corrected chi connectivity index (χ2v) is 6.73. The SMILES string of the molecule is COc1cccc(C=Nc2cc(-c3nc4cc(Cl)ccc4o3)ccc2C)c1O. The van der Waals surface area contributed by atoms with Crippen LogP contribution < -0.4 is 4.74 Å². The summed E-state index contributed by atoms with van der Waals surface area (Å²) < 4.78 is 11.0. The Morgan fingerprint density at radius 2 is 2.00 bits per heavy atom. The predicted molar refractivity (Wildman–Crippen MR) is 111 cm³/mol. The lowest BCUT2D eigenvalue weighted by Gasteiger charge is -2.06. The molecule has 1 aromatic heterocycles. The third-order valence-electron chi connectivity index (χ3n) is 4.40. The number of nitrogens with zero attached hydrogens (tertiary/aromatic N) is 2. The van der Waals surface area contributed by atoms with Crippen molar-refractivity contribution < 1.29 is 14.3 Å². The maximum absolute atomic E-state index is 10.2. The number of aromatic nitrogens is 1. The number of ether oxygens (including phenoxy) is 1. The molecule has 0 fully saturated rings. The van der Waals surface area contributed by atoms with Gasteiger partial charge in [-0.2, -0.15) is 0 Å². The minimum atomic E-state index is 0.0541. The van der Waals surface area contributed by atoms with Crippen molar-refractivity contribution in [2.45, 2.75) is 6.92 Å². The van der Waals surface area contributed by atoms with Gasteiger partial charge in [0, 0.05) is 22.4 Å². The summed E-state index contributed by atoms with van der Waals surface area (Å²) in [6, 6.07) is 16.4. The molecule has 4 rings (SSSR count). The molecule has 0 aliphatic carbocycles. The Morgan fingerprint density at radius 1 is 1.14 bits per heavy atom. The summed E-state index contributed by atoms with van der Waals surface area (Å²) in [6.07, 6.45) is 1.61. The van der Waals surface area contributed by atoms with Gasteiger partial charge in [0.1, 0.15) is 5.52 Å². The Hall–Kier alpha value is -3.31. The lowest BCUT2D eigenvalue weighted by Crippen LogP contribution is -1.88. The molecule has 28 heavy (non-hydrogen) atoms. The molecule has 0 aliphatic rings. The summed E-state index contributed by atoms with van der Waals surface area (Å²) >= 11 is 6.02. The summed E-state index contributed by atoms with van der Waals surface area (Å²) in [5, 5.41) is 10.8. The lowest BCUT2D eigenvalue weighted by molar-refractivity contribution is 0.373. The minimum absolute atomic E-state index is 0.0541. The van der Waals surface area contributed by atoms with E-state index in [1.807, 2.05) is 25.1 Å². The number of benzene rings is 3. The highest BCUT2D eigenvalue weighted by Gasteiger charge is 2.11. The molecule has 0 amide bonds. The van der Waals surface area contributed by atoms with E-state index in [1.165, 1.54) is 7.11 Å². The molecule has 0 saturated heterocycles. The van der Waals surface area contributed by atoms with Crippen molar-refractivity contribution in [1.29, 1.82) is 0 Å². The van der Waals surface area contributed by atoms with Crippen molar-refractivity contribution >= 4 is 34.6 Å². The first kappa shape index (κ1) is 18.1. The number of phenolic OH excluding ortho intramolecular Hbond substituents is 1. The maximum atomic E-state index is 10.2. The molecule has 1 heterocycles. The molecule has 3 aromatic carbocycles. The summed E-state index contributed by atoms with van der Waals surface area (Å²) in [6.45, 7) is 1.97. The number of rotatable bonds is 4. The lowest BCUT2D eigenvalue weighted by atomic mass is 10.1. The van der Waals surface area contributed by atoms with E-state index >= 15 is 0 Å². The Kier molecular flexibility index (Phi) is 4.75. The van der Waals surface area contributed by atoms with Crippen LogP contribution in [0.3, 0.4) is 0 Å². The molecule has 0 unspecified atom stereocenters. The predicted octanol–water partition coefficient (Wildman–Crippen LogP) is 5.92. The van der Waals surface area contributed by atoms with Crippen LogP contribution in [0, 0.1) is 6.92 Å². The Balaban J connectivity index is 1.71. The average molecular weight is 393 g/mol. The molecule has 0 radical (unpaired) electrons. The fourth-order valence-corrected chi connectivity index (χ4v) is 3.02. The number of methoxy groups -OCH3 is 1. The van der Waals surface area contributed by atoms with Crippen LogP contribution in [-0.4, -0.2) is 23.4 Å². The molecule has 0 aliphatic heterocycles. The van der Waals surface area contributed by atoms with Gasteiger partial charge < -0.3 is 14.3 Å². The molecule has 140 valence electrons. The highest BCUT2D eigenvalue weighted by atomic mass is 35.5. The Morgan fingerprint density at radius 3 is 2.82 bits per heavy atom. The Bertz CT molecular complexity index is 1200. The number of aliphatic imine (C=N–C) groups is 1. The molecule has 6 heteroatoms. The number of fused-ring (bicyclic) bond motifs is 1. The maximum Gasteiger partial charge on any atom is 0.227 e. The number of oxazole rings is 1. The zero-order chi connectivity index (χ0) is 19.7. The van der Waals surface area contributed by atoms with Gasteiger partial charge in [0.15, 0.2) is 17.1 Å².